The van der Waals surface area contributed by atoms with Crippen LogP contribution in [-0.2, 0) is 16.8 Å². The minimum absolute atomic E-state index is 0.0104. The van der Waals surface area contributed by atoms with Crippen LogP contribution in [0.5, 0.6) is 11.5 Å². The Morgan fingerprint density at radius 1 is 1.19 bits per heavy atom. The highest BCUT2D eigenvalue weighted by Gasteiger charge is 2.54. The number of urea groups is 1. The van der Waals surface area contributed by atoms with Crippen LogP contribution >= 0.6 is 0 Å². The van der Waals surface area contributed by atoms with Crippen molar-refractivity contribution in [1.29, 1.82) is 0 Å². The molecule has 1 fully saturated rings. The van der Waals surface area contributed by atoms with E-state index < -0.39 is 17.7 Å². The van der Waals surface area contributed by atoms with Crippen LogP contribution in [0.4, 0.5) is 4.79 Å². The predicted molar refractivity (Wildman–Crippen MR) is 115 cm³/mol. The van der Waals surface area contributed by atoms with Crippen LogP contribution in [0.2, 0.25) is 0 Å². The number of β-amino-alcohol motifs (C(OH)–C–C–N with tert-alkyl or cyclic N) is 1. The number of aryl methyl sites for hydroxylation is 3. The van der Waals surface area contributed by atoms with Gasteiger partial charge in [-0.15, -0.1) is 0 Å². The van der Waals surface area contributed by atoms with Gasteiger partial charge in [0, 0.05) is 0 Å². The maximum atomic E-state index is 13.4. The molecule has 1 saturated heterocycles. The van der Waals surface area contributed by atoms with E-state index in [0.717, 1.165) is 45.7 Å². The van der Waals surface area contributed by atoms with Crippen LogP contribution in [0.1, 0.15) is 35.1 Å². The van der Waals surface area contributed by atoms with Crippen LogP contribution in [0.3, 0.4) is 0 Å². The number of rotatable bonds is 6. The van der Waals surface area contributed by atoms with Gasteiger partial charge in [-0.2, -0.15) is 0 Å². The SMILES string of the molecule is COc1ccc2c(c1)CCC[C@@]21NC(=O)N(C[C@H](O)COc2c(C)cccc2C)C1=O. The fourth-order valence-corrected chi connectivity index (χ4v) is 4.61. The molecule has 4 rings (SSSR count). The number of methoxy groups -OCH3 is 1. The number of hydrogen-bond donors (Lipinski definition) is 2. The first-order valence-electron chi connectivity index (χ1n) is 10.5. The van der Waals surface area contributed by atoms with Gasteiger partial charge in [0.15, 0.2) is 0 Å². The van der Waals surface area contributed by atoms with Crippen molar-refractivity contribution in [1.82, 2.24) is 10.2 Å². The van der Waals surface area contributed by atoms with Gasteiger partial charge in [-0.1, -0.05) is 24.3 Å². The zero-order valence-corrected chi connectivity index (χ0v) is 18.1. The third-order valence-electron chi connectivity index (χ3n) is 6.17. The third-order valence-corrected chi connectivity index (χ3v) is 6.17. The normalized spacial score (nSPS) is 21.1. The average Bonchev–Trinajstić information content (AvgIpc) is 2.98. The summed E-state index contributed by atoms with van der Waals surface area (Å²) in [7, 11) is 1.60. The van der Waals surface area contributed by atoms with Crippen molar-refractivity contribution in [2.75, 3.05) is 20.3 Å². The van der Waals surface area contributed by atoms with Gasteiger partial charge in [0.25, 0.3) is 5.91 Å². The Kier molecular flexibility index (Phi) is 5.62. The molecule has 3 amide bonds. The van der Waals surface area contributed by atoms with Gasteiger partial charge in [-0.3, -0.25) is 9.69 Å². The number of aliphatic hydroxyl groups excluding tert-OH is 1. The number of aliphatic hydroxyl groups is 1. The van der Waals surface area contributed by atoms with Gasteiger partial charge in [0.1, 0.15) is 29.7 Å². The van der Waals surface area contributed by atoms with Crippen LogP contribution in [-0.4, -0.2) is 48.3 Å². The Balaban J connectivity index is 1.49. The molecule has 1 aliphatic carbocycles. The summed E-state index contributed by atoms with van der Waals surface area (Å²) in [4.78, 5) is 27.2. The fourth-order valence-electron chi connectivity index (χ4n) is 4.61. The first-order valence-corrected chi connectivity index (χ1v) is 10.5. The van der Waals surface area contributed by atoms with E-state index in [1.54, 1.807) is 13.2 Å². The maximum absolute atomic E-state index is 13.4. The maximum Gasteiger partial charge on any atom is 0.325 e. The Hall–Kier alpha value is -3.06. The highest BCUT2D eigenvalue weighted by atomic mass is 16.5. The first-order chi connectivity index (χ1) is 14.9. The lowest BCUT2D eigenvalue weighted by atomic mass is 9.76. The molecule has 1 heterocycles. The number of hydrogen-bond acceptors (Lipinski definition) is 5. The van der Waals surface area contributed by atoms with Crippen molar-refractivity contribution in [2.24, 2.45) is 0 Å². The van der Waals surface area contributed by atoms with Crippen molar-refractivity contribution in [2.45, 2.75) is 44.8 Å². The first kappa shape index (κ1) is 21.2. The van der Waals surface area contributed by atoms with Crippen LogP contribution < -0.4 is 14.8 Å². The lowest BCUT2D eigenvalue weighted by molar-refractivity contribution is -0.133. The molecule has 7 nitrogen and oxygen atoms in total. The molecule has 0 saturated carbocycles. The number of para-hydroxylation sites is 1. The molecule has 164 valence electrons. The number of nitrogens with zero attached hydrogens (tertiary/aromatic N) is 1. The topological polar surface area (TPSA) is 88.1 Å². The van der Waals surface area contributed by atoms with Crippen molar-refractivity contribution in [3.8, 4) is 11.5 Å². The van der Waals surface area contributed by atoms with E-state index in [1.165, 1.54) is 0 Å². The summed E-state index contributed by atoms with van der Waals surface area (Å²) in [5.41, 5.74) is 2.66. The average molecular weight is 424 g/mol. The molecule has 7 heteroatoms. The van der Waals surface area contributed by atoms with Gasteiger partial charge >= 0.3 is 6.03 Å². The summed E-state index contributed by atoms with van der Waals surface area (Å²) >= 11 is 0. The number of amides is 3. The highest BCUT2D eigenvalue weighted by molar-refractivity contribution is 6.07. The van der Waals surface area contributed by atoms with Gasteiger partial charge in [0.05, 0.1) is 13.7 Å². The second kappa shape index (κ2) is 8.23. The number of imide groups is 1. The molecule has 2 aromatic rings. The number of benzene rings is 2. The molecular weight excluding hydrogens is 396 g/mol. The molecule has 2 aliphatic rings. The van der Waals surface area contributed by atoms with E-state index >= 15 is 0 Å². The van der Waals surface area contributed by atoms with E-state index in [-0.39, 0.29) is 19.1 Å². The highest BCUT2D eigenvalue weighted by Crippen LogP contribution is 2.41. The van der Waals surface area contributed by atoms with Crippen LogP contribution in [0, 0.1) is 13.8 Å². The van der Waals surface area contributed by atoms with E-state index in [2.05, 4.69) is 5.32 Å². The standard InChI is InChI=1S/C24H28N2O5/c1-15-6-4-7-16(2)21(15)31-14-18(27)13-26-22(28)24(25-23(26)29)11-5-8-17-12-19(30-3)9-10-20(17)24/h4,6-7,9-10,12,18,27H,5,8,11,13-14H2,1-3H3,(H,25,29)/t18-,24+/m0/s1. The molecule has 2 atom stereocenters. The van der Waals surface area contributed by atoms with Crippen LogP contribution in [0.25, 0.3) is 0 Å². The van der Waals surface area contributed by atoms with E-state index in [0.29, 0.717) is 12.2 Å². The van der Waals surface area contributed by atoms with Gasteiger partial charge < -0.3 is 19.9 Å². The molecule has 0 aromatic heterocycles. The Morgan fingerprint density at radius 3 is 2.65 bits per heavy atom. The number of ether oxygens (including phenoxy) is 2. The fraction of sp³-hybridized carbons (Fsp3) is 0.417. The zero-order chi connectivity index (χ0) is 22.2. The lowest BCUT2D eigenvalue weighted by Gasteiger charge is -2.33. The van der Waals surface area contributed by atoms with Gasteiger partial charge in [0.2, 0.25) is 0 Å². The summed E-state index contributed by atoms with van der Waals surface area (Å²) in [5.74, 6) is 1.11. The minimum Gasteiger partial charge on any atom is -0.497 e. The summed E-state index contributed by atoms with van der Waals surface area (Å²) in [6.07, 6.45) is 1.13. The monoisotopic (exact) mass is 424 g/mol. The predicted octanol–water partition coefficient (Wildman–Crippen LogP) is 2.84. The van der Waals surface area contributed by atoms with E-state index in [9.17, 15) is 14.7 Å². The zero-order valence-electron chi connectivity index (χ0n) is 18.1. The largest absolute Gasteiger partial charge is 0.497 e. The Labute approximate surface area is 182 Å². The van der Waals surface area contributed by atoms with Gasteiger partial charge in [-0.25, -0.2) is 4.79 Å². The van der Waals surface area contributed by atoms with Crippen molar-refractivity contribution >= 4 is 11.9 Å². The Bertz CT molecular complexity index is 1000. The molecule has 0 radical (unpaired) electrons. The van der Waals surface area contributed by atoms with Gasteiger partial charge in [-0.05, 0) is 67.5 Å². The molecule has 2 aromatic carbocycles. The second-order valence-electron chi connectivity index (χ2n) is 8.31. The molecule has 1 spiro atoms. The van der Waals surface area contributed by atoms with Crippen molar-refractivity contribution < 1.29 is 24.2 Å². The van der Waals surface area contributed by atoms with Crippen molar-refractivity contribution in [3.63, 3.8) is 0 Å². The summed E-state index contributed by atoms with van der Waals surface area (Å²) < 4.78 is 11.1. The molecule has 0 unspecified atom stereocenters. The smallest absolute Gasteiger partial charge is 0.325 e. The summed E-state index contributed by atoms with van der Waals surface area (Å²) in [5, 5.41) is 13.4. The minimum atomic E-state index is -1.08. The quantitative estimate of drug-likeness (QED) is 0.697. The second-order valence-corrected chi connectivity index (χ2v) is 8.31. The molecule has 2 N–H and O–H groups in total. The van der Waals surface area contributed by atoms with Crippen LogP contribution in [0.15, 0.2) is 36.4 Å². The van der Waals surface area contributed by atoms with E-state index in [1.807, 2.05) is 44.2 Å². The molecule has 1 aliphatic heterocycles. The molecule has 0 bridgehead atoms. The van der Waals surface area contributed by atoms with Crippen molar-refractivity contribution in [3.05, 3.63) is 58.7 Å². The summed E-state index contributed by atoms with van der Waals surface area (Å²) in [6.45, 7) is 3.74. The Morgan fingerprint density at radius 2 is 1.94 bits per heavy atom. The number of nitrogens with one attached hydrogen (secondary N) is 1. The summed E-state index contributed by atoms with van der Waals surface area (Å²) in [6, 6.07) is 10.9. The molecular formula is C24H28N2O5. The molecule has 31 heavy (non-hydrogen) atoms. The number of fused-ring (bicyclic) bond motifs is 2. The number of carbonyl (C=O) groups is 2. The van der Waals surface area contributed by atoms with E-state index in [4.69, 9.17) is 9.47 Å². The number of carbonyl (C=O) groups excluding carboxylic acids is 2. The lowest BCUT2D eigenvalue weighted by Crippen LogP contribution is -2.47. The third kappa shape index (κ3) is 3.74.